The van der Waals surface area contributed by atoms with Gasteiger partial charge in [0.05, 0.1) is 23.7 Å². The summed E-state index contributed by atoms with van der Waals surface area (Å²) in [6.45, 7) is 7.78. The normalized spacial score (nSPS) is 15.3. The molecule has 0 aromatic carbocycles. The Kier molecular flexibility index (Phi) is 5.21. The van der Waals surface area contributed by atoms with E-state index in [0.29, 0.717) is 30.7 Å². The fraction of sp³-hybridized carbons (Fsp3) is 0.269. The molecule has 4 aromatic rings. The third-order valence-electron chi connectivity index (χ3n) is 7.12. The van der Waals surface area contributed by atoms with Crippen LogP contribution in [0.1, 0.15) is 17.0 Å². The number of hydrogen-bond acceptors (Lipinski definition) is 9. The smallest absolute Gasteiger partial charge is 0.244 e. The molecule has 188 valence electrons. The van der Waals surface area contributed by atoms with Crippen molar-refractivity contribution in [2.75, 3.05) is 43.7 Å². The minimum atomic E-state index is 0.0474. The van der Waals surface area contributed by atoms with E-state index in [0.717, 1.165) is 56.8 Å². The molecule has 4 aromatic heterocycles. The molecule has 0 radical (unpaired) electrons. The summed E-state index contributed by atoms with van der Waals surface area (Å²) >= 11 is 0. The lowest BCUT2D eigenvalue weighted by molar-refractivity contribution is -0.130. The van der Waals surface area contributed by atoms with Gasteiger partial charge in [-0.1, -0.05) is 6.58 Å². The van der Waals surface area contributed by atoms with E-state index in [1.807, 2.05) is 50.3 Å². The standard InChI is InChI=1S/C26H28N10O/c1-14-18(10-29-25-15(2)35(4)13-30-24(14)25)20-7-16-8-21(28-11-19(16)26(27)31-20)32-22-9-17-5-6-34(3)23(37)12-36(17)33-22/h7-11,30H,2,5-6,12-13H2,1,3-4H3,(H2,27,31)(H,28,32,33). The number of nitrogens with one attached hydrogen (secondary N) is 2. The number of fused-ring (bicyclic) bond motifs is 3. The van der Waals surface area contributed by atoms with Crippen LogP contribution in [0.3, 0.4) is 0 Å². The highest BCUT2D eigenvalue weighted by atomic mass is 16.2. The summed E-state index contributed by atoms with van der Waals surface area (Å²) in [6.07, 6.45) is 4.29. The molecule has 11 heteroatoms. The number of nitrogens with two attached hydrogens (primary N) is 1. The summed E-state index contributed by atoms with van der Waals surface area (Å²) < 4.78 is 1.75. The predicted molar refractivity (Wildman–Crippen MR) is 144 cm³/mol. The molecule has 0 saturated heterocycles. The van der Waals surface area contributed by atoms with Crippen molar-refractivity contribution in [1.82, 2.24) is 34.5 Å². The highest BCUT2D eigenvalue weighted by molar-refractivity contribution is 5.95. The Labute approximate surface area is 214 Å². The molecule has 1 amide bonds. The average Bonchev–Trinajstić information content (AvgIpc) is 3.19. The number of hydrogen-bond donors (Lipinski definition) is 3. The van der Waals surface area contributed by atoms with Crippen LogP contribution in [0, 0.1) is 6.92 Å². The summed E-state index contributed by atoms with van der Waals surface area (Å²) in [5.74, 6) is 1.72. The van der Waals surface area contributed by atoms with Crippen LogP contribution in [-0.2, 0) is 17.8 Å². The largest absolute Gasteiger partial charge is 0.383 e. The van der Waals surface area contributed by atoms with Crippen LogP contribution < -0.4 is 16.4 Å². The summed E-state index contributed by atoms with van der Waals surface area (Å²) in [7, 11) is 3.79. The first-order valence-corrected chi connectivity index (χ1v) is 12.1. The van der Waals surface area contributed by atoms with E-state index in [9.17, 15) is 4.79 Å². The molecule has 2 aliphatic heterocycles. The second-order valence-electron chi connectivity index (χ2n) is 9.55. The zero-order valence-electron chi connectivity index (χ0n) is 21.0. The van der Waals surface area contributed by atoms with Crippen LogP contribution in [0.25, 0.3) is 27.7 Å². The van der Waals surface area contributed by atoms with Gasteiger partial charge in [-0.05, 0) is 30.0 Å². The molecule has 2 aliphatic rings. The molecule has 11 nitrogen and oxygen atoms in total. The van der Waals surface area contributed by atoms with Gasteiger partial charge in [0.15, 0.2) is 5.82 Å². The fourth-order valence-corrected chi connectivity index (χ4v) is 4.79. The van der Waals surface area contributed by atoms with Crippen LogP contribution in [0.4, 0.5) is 23.1 Å². The van der Waals surface area contributed by atoms with Crippen LogP contribution >= 0.6 is 0 Å². The Balaban J connectivity index is 1.34. The van der Waals surface area contributed by atoms with E-state index in [-0.39, 0.29) is 12.5 Å². The van der Waals surface area contributed by atoms with Crippen molar-refractivity contribution in [3.63, 3.8) is 0 Å². The van der Waals surface area contributed by atoms with Crippen molar-refractivity contribution in [3.8, 4) is 11.3 Å². The molecular weight excluding hydrogens is 468 g/mol. The van der Waals surface area contributed by atoms with Crippen molar-refractivity contribution in [2.24, 2.45) is 0 Å². The number of likely N-dealkylation sites (N-methyl/N-ethyl adjacent to an activating group) is 1. The molecular formula is C26H28N10O. The first-order valence-electron chi connectivity index (χ1n) is 12.1. The van der Waals surface area contributed by atoms with Gasteiger partial charge >= 0.3 is 0 Å². The molecule has 6 heterocycles. The maximum absolute atomic E-state index is 12.2. The van der Waals surface area contributed by atoms with Crippen molar-refractivity contribution < 1.29 is 4.79 Å². The average molecular weight is 497 g/mol. The Bertz CT molecular complexity index is 1590. The van der Waals surface area contributed by atoms with Crippen molar-refractivity contribution in [3.05, 3.63) is 54.1 Å². The van der Waals surface area contributed by atoms with Crippen molar-refractivity contribution in [2.45, 2.75) is 19.9 Å². The van der Waals surface area contributed by atoms with E-state index >= 15 is 0 Å². The number of aromatic nitrogens is 5. The quantitative estimate of drug-likeness (QED) is 0.392. The minimum Gasteiger partial charge on any atom is -0.383 e. The summed E-state index contributed by atoms with van der Waals surface area (Å²) in [4.78, 5) is 29.8. The minimum absolute atomic E-state index is 0.0474. The second kappa shape index (κ2) is 8.47. The molecule has 0 saturated carbocycles. The molecule has 6 rings (SSSR count). The number of carbonyl (C=O) groups is 1. The lowest BCUT2D eigenvalue weighted by atomic mass is 10.0. The Morgan fingerprint density at radius 2 is 1.95 bits per heavy atom. The highest BCUT2D eigenvalue weighted by Crippen LogP contribution is 2.36. The van der Waals surface area contributed by atoms with Crippen molar-refractivity contribution >= 4 is 45.5 Å². The molecule has 0 unspecified atom stereocenters. The maximum atomic E-state index is 12.2. The third-order valence-corrected chi connectivity index (χ3v) is 7.12. The SMILES string of the molecule is C=C1c2ncc(-c3cc4cc(Nc5cc6n(n5)CC(=O)N(C)CC6)ncc4c(N)n3)c(C)c2NCN1C. The zero-order chi connectivity index (χ0) is 25.8. The number of pyridine rings is 3. The second-order valence-corrected chi connectivity index (χ2v) is 9.55. The monoisotopic (exact) mass is 496 g/mol. The highest BCUT2D eigenvalue weighted by Gasteiger charge is 2.22. The Hall–Kier alpha value is -4.67. The van der Waals surface area contributed by atoms with E-state index in [1.165, 1.54) is 0 Å². The number of carbonyl (C=O) groups excluding carboxylic acids is 1. The molecule has 0 atom stereocenters. The number of rotatable bonds is 3. The van der Waals surface area contributed by atoms with Gasteiger partial charge in [-0.2, -0.15) is 5.10 Å². The Morgan fingerprint density at radius 1 is 1.11 bits per heavy atom. The molecule has 0 fully saturated rings. The van der Waals surface area contributed by atoms with Gasteiger partial charge in [0.2, 0.25) is 5.91 Å². The van der Waals surface area contributed by atoms with Gasteiger partial charge in [0.25, 0.3) is 0 Å². The van der Waals surface area contributed by atoms with E-state index in [4.69, 9.17) is 5.73 Å². The topological polar surface area (TPSA) is 130 Å². The van der Waals surface area contributed by atoms with E-state index in [2.05, 4.69) is 37.3 Å². The van der Waals surface area contributed by atoms with Gasteiger partial charge in [-0.3, -0.25) is 14.5 Å². The molecule has 0 aliphatic carbocycles. The Morgan fingerprint density at radius 3 is 2.78 bits per heavy atom. The van der Waals surface area contributed by atoms with Crippen molar-refractivity contribution in [1.29, 1.82) is 0 Å². The lowest BCUT2D eigenvalue weighted by Gasteiger charge is -2.31. The zero-order valence-corrected chi connectivity index (χ0v) is 21.0. The number of anilines is 4. The maximum Gasteiger partial charge on any atom is 0.244 e. The van der Waals surface area contributed by atoms with Gasteiger partial charge < -0.3 is 26.2 Å². The van der Waals surface area contributed by atoms with E-state index < -0.39 is 0 Å². The molecule has 4 N–H and O–H groups in total. The number of nitrogen functional groups attached to an aromatic ring is 1. The molecule has 0 bridgehead atoms. The molecule has 0 spiro atoms. The fourth-order valence-electron chi connectivity index (χ4n) is 4.79. The summed E-state index contributed by atoms with van der Waals surface area (Å²) in [5.41, 5.74) is 12.7. The van der Waals surface area contributed by atoms with Gasteiger partial charge in [0, 0.05) is 62.2 Å². The molecule has 37 heavy (non-hydrogen) atoms. The first-order chi connectivity index (χ1) is 17.8. The summed E-state index contributed by atoms with van der Waals surface area (Å²) in [6, 6.07) is 5.89. The number of nitrogens with zero attached hydrogens (tertiary/aromatic N) is 7. The van der Waals surface area contributed by atoms with Crippen LogP contribution in [-0.4, -0.2) is 67.7 Å². The van der Waals surface area contributed by atoms with Crippen LogP contribution in [0.2, 0.25) is 0 Å². The first kappa shape index (κ1) is 22.8. The summed E-state index contributed by atoms with van der Waals surface area (Å²) in [5, 5.41) is 12.9. The van der Waals surface area contributed by atoms with Gasteiger partial charge in [0.1, 0.15) is 23.9 Å². The lowest BCUT2D eigenvalue weighted by Crippen LogP contribution is -2.30. The predicted octanol–water partition coefficient (Wildman–Crippen LogP) is 2.82. The van der Waals surface area contributed by atoms with E-state index in [1.54, 1.807) is 15.8 Å². The number of amides is 1. The van der Waals surface area contributed by atoms with Gasteiger partial charge in [-0.25, -0.2) is 9.97 Å². The van der Waals surface area contributed by atoms with Gasteiger partial charge in [-0.15, -0.1) is 0 Å². The van der Waals surface area contributed by atoms with Crippen LogP contribution in [0.15, 0.2) is 37.2 Å². The van der Waals surface area contributed by atoms with Crippen LogP contribution in [0.5, 0.6) is 0 Å². The third kappa shape index (κ3) is 3.88.